The highest BCUT2D eigenvalue weighted by molar-refractivity contribution is 5.37. The Bertz CT molecular complexity index is 242. The number of aliphatic hydroxyl groups is 1. The normalized spacial score (nSPS) is 13.4. The van der Waals surface area contributed by atoms with E-state index >= 15 is 0 Å². The van der Waals surface area contributed by atoms with Crippen molar-refractivity contribution >= 4 is 0 Å². The molecule has 64 valence electrons. The number of hydrogen-bond acceptors (Lipinski definition) is 1. The SMILES string of the molecule is C=C\C=C/C(/C=C/C)=C(/O)C=C. The quantitative estimate of drug-likeness (QED) is 0.496. The minimum absolute atomic E-state index is 0.172. The molecule has 1 heteroatoms. The summed E-state index contributed by atoms with van der Waals surface area (Å²) in [6.07, 6.45) is 10.2. The van der Waals surface area contributed by atoms with Gasteiger partial charge in [-0.25, -0.2) is 0 Å². The van der Waals surface area contributed by atoms with Gasteiger partial charge in [-0.3, -0.25) is 0 Å². The van der Waals surface area contributed by atoms with Crippen molar-refractivity contribution in [2.75, 3.05) is 0 Å². The van der Waals surface area contributed by atoms with E-state index in [4.69, 9.17) is 0 Å². The van der Waals surface area contributed by atoms with Crippen molar-refractivity contribution in [1.29, 1.82) is 0 Å². The van der Waals surface area contributed by atoms with Gasteiger partial charge in [0.25, 0.3) is 0 Å². The van der Waals surface area contributed by atoms with Crippen LogP contribution in [0.4, 0.5) is 0 Å². The molecule has 0 radical (unpaired) electrons. The molecule has 0 saturated heterocycles. The summed E-state index contributed by atoms with van der Waals surface area (Å²) in [7, 11) is 0. The smallest absolute Gasteiger partial charge is 0.122 e. The second-order valence-electron chi connectivity index (χ2n) is 2.14. The Balaban J connectivity index is 4.76. The number of hydrogen-bond donors (Lipinski definition) is 1. The summed E-state index contributed by atoms with van der Waals surface area (Å²) in [5, 5.41) is 9.30. The maximum atomic E-state index is 9.30. The fourth-order valence-electron chi connectivity index (χ4n) is 0.695. The van der Waals surface area contributed by atoms with Gasteiger partial charge in [0, 0.05) is 5.57 Å². The van der Waals surface area contributed by atoms with Gasteiger partial charge in [-0.1, -0.05) is 43.5 Å². The predicted molar refractivity (Wildman–Crippen MR) is 54.0 cm³/mol. The fourth-order valence-corrected chi connectivity index (χ4v) is 0.695. The molecule has 0 rings (SSSR count). The zero-order valence-electron chi connectivity index (χ0n) is 7.33. The Kier molecular flexibility index (Phi) is 5.45. The molecule has 0 spiro atoms. The van der Waals surface area contributed by atoms with E-state index in [2.05, 4.69) is 13.2 Å². The first-order valence-corrected chi connectivity index (χ1v) is 3.73. The summed E-state index contributed by atoms with van der Waals surface area (Å²) in [6.45, 7) is 8.89. The van der Waals surface area contributed by atoms with Crippen LogP contribution in [0, 0.1) is 0 Å². The molecule has 0 fully saturated rings. The van der Waals surface area contributed by atoms with E-state index in [0.29, 0.717) is 0 Å². The zero-order valence-corrected chi connectivity index (χ0v) is 7.33. The maximum absolute atomic E-state index is 9.30. The third kappa shape index (κ3) is 3.62. The first kappa shape index (κ1) is 10.5. The van der Waals surface area contributed by atoms with Crippen molar-refractivity contribution < 1.29 is 5.11 Å². The Morgan fingerprint density at radius 3 is 2.33 bits per heavy atom. The molecule has 0 aromatic heterocycles. The van der Waals surface area contributed by atoms with Crippen molar-refractivity contribution in [3.8, 4) is 0 Å². The predicted octanol–water partition coefficient (Wildman–Crippen LogP) is 3.30. The largest absolute Gasteiger partial charge is 0.507 e. The lowest BCUT2D eigenvalue weighted by atomic mass is 10.2. The minimum atomic E-state index is 0.172. The van der Waals surface area contributed by atoms with Crippen LogP contribution in [0.5, 0.6) is 0 Å². The molecule has 1 nitrogen and oxygen atoms in total. The third-order valence-corrected chi connectivity index (χ3v) is 1.25. The van der Waals surface area contributed by atoms with Gasteiger partial charge in [-0.2, -0.15) is 0 Å². The number of aliphatic hydroxyl groups excluding tert-OH is 1. The topological polar surface area (TPSA) is 20.2 Å². The van der Waals surface area contributed by atoms with Crippen LogP contribution in [0.25, 0.3) is 0 Å². The molecule has 0 bridgehead atoms. The monoisotopic (exact) mass is 162 g/mol. The molecular weight excluding hydrogens is 148 g/mol. The van der Waals surface area contributed by atoms with E-state index in [0.717, 1.165) is 5.57 Å². The van der Waals surface area contributed by atoms with Crippen LogP contribution in [-0.4, -0.2) is 5.11 Å². The molecule has 0 unspecified atom stereocenters. The van der Waals surface area contributed by atoms with Crippen LogP contribution >= 0.6 is 0 Å². The average Bonchev–Trinajstić information content (AvgIpc) is 2.11. The highest BCUT2D eigenvalue weighted by atomic mass is 16.3. The molecule has 0 aliphatic heterocycles. The Morgan fingerprint density at radius 2 is 1.92 bits per heavy atom. The molecule has 0 aromatic rings. The molecule has 0 heterocycles. The van der Waals surface area contributed by atoms with Crippen LogP contribution in [0.1, 0.15) is 6.92 Å². The molecule has 0 atom stereocenters. The molecule has 12 heavy (non-hydrogen) atoms. The second kappa shape index (κ2) is 6.23. The standard InChI is InChI=1S/C11H14O/c1-4-7-9-10(8-5-2)11(12)6-3/h4-9,12H,1,3H2,2H3/b8-5+,9-7-,11-10+. The van der Waals surface area contributed by atoms with Crippen LogP contribution in [0.3, 0.4) is 0 Å². The van der Waals surface area contributed by atoms with E-state index < -0.39 is 0 Å². The molecule has 0 amide bonds. The van der Waals surface area contributed by atoms with Crippen LogP contribution < -0.4 is 0 Å². The lowest BCUT2D eigenvalue weighted by molar-refractivity contribution is 0.429. The van der Waals surface area contributed by atoms with Gasteiger partial charge in [0.05, 0.1) is 0 Å². The fraction of sp³-hybridized carbons (Fsp3) is 0.0909. The van der Waals surface area contributed by atoms with Crippen molar-refractivity contribution in [2.24, 2.45) is 0 Å². The van der Waals surface area contributed by atoms with E-state index in [1.165, 1.54) is 6.08 Å². The molecule has 0 saturated carbocycles. The van der Waals surface area contributed by atoms with E-state index in [-0.39, 0.29) is 5.76 Å². The van der Waals surface area contributed by atoms with E-state index in [1.807, 2.05) is 13.0 Å². The summed E-state index contributed by atoms with van der Waals surface area (Å²) in [5.41, 5.74) is 0.729. The van der Waals surface area contributed by atoms with Gasteiger partial charge >= 0.3 is 0 Å². The van der Waals surface area contributed by atoms with Crippen LogP contribution in [0.15, 0.2) is 60.9 Å². The Labute approximate surface area is 73.7 Å². The van der Waals surface area contributed by atoms with Gasteiger partial charge in [-0.05, 0) is 13.0 Å². The second-order valence-corrected chi connectivity index (χ2v) is 2.14. The number of allylic oxidation sites excluding steroid dienone is 7. The van der Waals surface area contributed by atoms with Gasteiger partial charge in [0.15, 0.2) is 0 Å². The minimum Gasteiger partial charge on any atom is -0.507 e. The van der Waals surface area contributed by atoms with Gasteiger partial charge in [0.1, 0.15) is 5.76 Å². The third-order valence-electron chi connectivity index (χ3n) is 1.25. The summed E-state index contributed by atoms with van der Waals surface area (Å²) in [5.74, 6) is 0.172. The molecule has 0 aliphatic rings. The summed E-state index contributed by atoms with van der Waals surface area (Å²) in [6, 6.07) is 0. The molecule has 0 aromatic carbocycles. The maximum Gasteiger partial charge on any atom is 0.122 e. The van der Waals surface area contributed by atoms with Crippen molar-refractivity contribution in [1.82, 2.24) is 0 Å². The highest BCUT2D eigenvalue weighted by Gasteiger charge is 1.91. The lowest BCUT2D eigenvalue weighted by Crippen LogP contribution is -1.80. The van der Waals surface area contributed by atoms with E-state index in [9.17, 15) is 5.11 Å². The summed E-state index contributed by atoms with van der Waals surface area (Å²) >= 11 is 0. The first-order chi connectivity index (χ1) is 5.76. The number of rotatable bonds is 4. The van der Waals surface area contributed by atoms with Crippen molar-refractivity contribution in [3.63, 3.8) is 0 Å². The van der Waals surface area contributed by atoms with Crippen LogP contribution in [0.2, 0.25) is 0 Å². The molecule has 0 aliphatic carbocycles. The lowest BCUT2D eigenvalue weighted by Gasteiger charge is -1.95. The van der Waals surface area contributed by atoms with Crippen LogP contribution in [-0.2, 0) is 0 Å². The molecule has 1 N–H and O–H groups in total. The highest BCUT2D eigenvalue weighted by Crippen LogP contribution is 2.06. The van der Waals surface area contributed by atoms with Gasteiger partial charge in [0.2, 0.25) is 0 Å². The van der Waals surface area contributed by atoms with Gasteiger partial charge < -0.3 is 5.11 Å². The Hall–Kier alpha value is -1.50. The summed E-state index contributed by atoms with van der Waals surface area (Å²) in [4.78, 5) is 0. The zero-order chi connectivity index (χ0) is 9.40. The van der Waals surface area contributed by atoms with Gasteiger partial charge in [-0.15, -0.1) is 0 Å². The van der Waals surface area contributed by atoms with Crippen molar-refractivity contribution in [3.05, 3.63) is 60.9 Å². The van der Waals surface area contributed by atoms with E-state index in [1.54, 1.807) is 24.3 Å². The first-order valence-electron chi connectivity index (χ1n) is 3.73. The summed E-state index contributed by atoms with van der Waals surface area (Å²) < 4.78 is 0. The Morgan fingerprint density at radius 1 is 1.25 bits per heavy atom. The molecular formula is C11H14O. The van der Waals surface area contributed by atoms with Crippen molar-refractivity contribution in [2.45, 2.75) is 6.92 Å². The average molecular weight is 162 g/mol.